The molecule has 0 bridgehead atoms. The topological polar surface area (TPSA) is 37.3 Å². The van der Waals surface area contributed by atoms with E-state index in [0.29, 0.717) is 5.56 Å². The van der Waals surface area contributed by atoms with Crippen molar-refractivity contribution in [3.63, 3.8) is 0 Å². The molecular weight excluding hydrogens is 284 g/mol. The predicted octanol–water partition coefficient (Wildman–Crippen LogP) is 5.11. The molecule has 1 aliphatic carbocycles. The zero-order valence-electron chi connectivity index (χ0n) is 14.1. The fourth-order valence-electron chi connectivity index (χ4n) is 3.44. The summed E-state index contributed by atoms with van der Waals surface area (Å²) >= 11 is 0. The van der Waals surface area contributed by atoms with Crippen LogP contribution in [0, 0.1) is 13.8 Å². The number of carbonyl (C=O) groups is 1. The van der Waals surface area contributed by atoms with E-state index >= 15 is 0 Å². The maximum atomic E-state index is 11.4. The lowest BCUT2D eigenvalue weighted by Crippen LogP contribution is -2.22. The van der Waals surface area contributed by atoms with Crippen LogP contribution in [0.5, 0.6) is 0 Å². The second-order valence-electron chi connectivity index (χ2n) is 7.09. The first kappa shape index (κ1) is 15.5. The molecule has 2 heteroatoms. The van der Waals surface area contributed by atoms with E-state index in [0.717, 1.165) is 17.6 Å². The number of hydrogen-bond acceptors (Lipinski definition) is 1. The molecule has 0 aliphatic heterocycles. The minimum atomic E-state index is -0.879. The largest absolute Gasteiger partial charge is 0.478 e. The summed E-state index contributed by atoms with van der Waals surface area (Å²) in [7, 11) is 0. The van der Waals surface area contributed by atoms with Crippen molar-refractivity contribution >= 4 is 11.5 Å². The quantitative estimate of drug-likeness (QED) is 0.836. The van der Waals surface area contributed by atoms with Crippen molar-refractivity contribution in [3.05, 3.63) is 75.9 Å². The molecule has 118 valence electrons. The van der Waals surface area contributed by atoms with Crippen LogP contribution < -0.4 is 0 Å². The van der Waals surface area contributed by atoms with Gasteiger partial charge in [0, 0.05) is 0 Å². The zero-order valence-corrected chi connectivity index (χ0v) is 14.1. The molecule has 2 aromatic carbocycles. The highest BCUT2D eigenvalue weighted by atomic mass is 16.4. The smallest absolute Gasteiger partial charge is 0.335 e. The van der Waals surface area contributed by atoms with E-state index in [1.165, 1.54) is 22.3 Å². The predicted molar refractivity (Wildman–Crippen MR) is 94.0 cm³/mol. The molecule has 0 fully saturated rings. The zero-order chi connectivity index (χ0) is 16.8. The van der Waals surface area contributed by atoms with Gasteiger partial charge in [-0.25, -0.2) is 4.79 Å². The van der Waals surface area contributed by atoms with Crippen molar-refractivity contribution < 1.29 is 9.90 Å². The van der Waals surface area contributed by atoms with Gasteiger partial charge in [-0.3, -0.25) is 0 Å². The number of hydrogen-bond donors (Lipinski definition) is 1. The van der Waals surface area contributed by atoms with Crippen molar-refractivity contribution in [2.45, 2.75) is 39.5 Å². The van der Waals surface area contributed by atoms with Crippen LogP contribution in [0.1, 0.15) is 58.4 Å². The monoisotopic (exact) mass is 306 g/mol. The molecule has 0 amide bonds. The summed E-state index contributed by atoms with van der Waals surface area (Å²) < 4.78 is 0. The van der Waals surface area contributed by atoms with E-state index in [4.69, 9.17) is 0 Å². The van der Waals surface area contributed by atoms with Gasteiger partial charge in [0.15, 0.2) is 0 Å². The summed E-state index contributed by atoms with van der Waals surface area (Å²) in [5.74, 6) is -0.879. The van der Waals surface area contributed by atoms with Gasteiger partial charge in [0.1, 0.15) is 0 Å². The van der Waals surface area contributed by atoms with Gasteiger partial charge < -0.3 is 5.11 Å². The second kappa shape index (κ2) is 5.38. The third-order valence-electron chi connectivity index (χ3n) is 4.77. The summed E-state index contributed by atoms with van der Waals surface area (Å²) in [6.45, 7) is 8.62. The Morgan fingerprint density at radius 2 is 1.78 bits per heavy atom. The van der Waals surface area contributed by atoms with Crippen molar-refractivity contribution in [3.8, 4) is 0 Å². The highest BCUT2D eigenvalue weighted by Crippen LogP contribution is 2.42. The Hall–Kier alpha value is -2.35. The number of rotatable bonds is 2. The maximum Gasteiger partial charge on any atom is 0.335 e. The van der Waals surface area contributed by atoms with Crippen LogP contribution in [0.25, 0.3) is 5.57 Å². The number of fused-ring (bicyclic) bond motifs is 1. The Morgan fingerprint density at radius 1 is 1.04 bits per heavy atom. The van der Waals surface area contributed by atoms with Crippen LogP contribution in [-0.4, -0.2) is 11.1 Å². The second-order valence-corrected chi connectivity index (χ2v) is 7.09. The van der Waals surface area contributed by atoms with Crippen molar-refractivity contribution in [2.24, 2.45) is 0 Å². The number of allylic oxidation sites excluding steroid dienone is 1. The van der Waals surface area contributed by atoms with E-state index in [2.05, 4.69) is 52.0 Å². The number of aryl methyl sites for hydroxylation is 2. The highest BCUT2D eigenvalue weighted by molar-refractivity contribution is 5.92. The van der Waals surface area contributed by atoms with Crippen LogP contribution in [0.2, 0.25) is 0 Å². The van der Waals surface area contributed by atoms with Crippen LogP contribution in [0.15, 0.2) is 42.5 Å². The van der Waals surface area contributed by atoms with Gasteiger partial charge in [-0.1, -0.05) is 49.8 Å². The lowest BCUT2D eigenvalue weighted by Gasteiger charge is -2.33. The van der Waals surface area contributed by atoms with Gasteiger partial charge in [0.2, 0.25) is 0 Å². The molecule has 0 spiro atoms. The summed E-state index contributed by atoms with van der Waals surface area (Å²) in [5.41, 5.74) is 7.44. The van der Waals surface area contributed by atoms with Crippen molar-refractivity contribution in [2.75, 3.05) is 0 Å². The molecule has 0 saturated heterocycles. The van der Waals surface area contributed by atoms with Gasteiger partial charge in [-0.15, -0.1) is 0 Å². The average molecular weight is 306 g/mol. The molecule has 2 aromatic rings. The Morgan fingerprint density at radius 3 is 2.43 bits per heavy atom. The highest BCUT2D eigenvalue weighted by Gasteiger charge is 2.29. The van der Waals surface area contributed by atoms with Crippen LogP contribution >= 0.6 is 0 Å². The Labute approximate surface area is 137 Å². The summed E-state index contributed by atoms with van der Waals surface area (Å²) in [4.78, 5) is 11.4. The first-order chi connectivity index (χ1) is 10.8. The third-order valence-corrected chi connectivity index (χ3v) is 4.77. The van der Waals surface area contributed by atoms with Gasteiger partial charge in [-0.2, -0.15) is 0 Å². The summed E-state index contributed by atoms with van der Waals surface area (Å²) in [6.07, 6.45) is 3.21. The Bertz CT molecular complexity index is 826. The number of carboxylic acid groups (broad SMARTS) is 1. The lowest BCUT2D eigenvalue weighted by molar-refractivity contribution is 0.0696. The molecule has 1 N–H and O–H groups in total. The Balaban J connectivity index is 2.23. The molecule has 0 unspecified atom stereocenters. The molecule has 0 aromatic heterocycles. The first-order valence-corrected chi connectivity index (χ1v) is 7.95. The van der Waals surface area contributed by atoms with E-state index < -0.39 is 5.97 Å². The SMILES string of the molecule is Cc1ccc(C2=CCC(C)(C)c3ccc(C(=O)O)cc32)c(C)c1. The van der Waals surface area contributed by atoms with Gasteiger partial charge >= 0.3 is 5.97 Å². The van der Waals surface area contributed by atoms with Crippen LogP contribution in [0.4, 0.5) is 0 Å². The first-order valence-electron chi connectivity index (χ1n) is 7.95. The van der Waals surface area contributed by atoms with Gasteiger partial charge in [-0.05, 0) is 65.6 Å². The number of benzene rings is 2. The molecule has 3 rings (SSSR count). The van der Waals surface area contributed by atoms with Gasteiger partial charge in [0.25, 0.3) is 0 Å². The normalized spacial score (nSPS) is 15.7. The maximum absolute atomic E-state index is 11.4. The molecule has 0 radical (unpaired) electrons. The van der Waals surface area contributed by atoms with Crippen molar-refractivity contribution in [1.82, 2.24) is 0 Å². The Kier molecular flexibility index (Phi) is 3.63. The van der Waals surface area contributed by atoms with Crippen LogP contribution in [-0.2, 0) is 5.41 Å². The van der Waals surface area contributed by atoms with E-state index in [9.17, 15) is 9.90 Å². The summed E-state index contributed by atoms with van der Waals surface area (Å²) in [5, 5.41) is 9.34. The van der Waals surface area contributed by atoms with Gasteiger partial charge in [0.05, 0.1) is 5.56 Å². The third kappa shape index (κ3) is 2.70. The molecule has 0 saturated carbocycles. The molecule has 0 atom stereocenters. The molecule has 2 nitrogen and oxygen atoms in total. The molecule has 1 aliphatic rings. The molecule has 23 heavy (non-hydrogen) atoms. The average Bonchev–Trinajstić information content (AvgIpc) is 2.48. The number of aromatic carboxylic acids is 1. The van der Waals surface area contributed by atoms with Crippen LogP contribution in [0.3, 0.4) is 0 Å². The van der Waals surface area contributed by atoms with E-state index in [1.54, 1.807) is 6.07 Å². The summed E-state index contributed by atoms with van der Waals surface area (Å²) in [6, 6.07) is 12.0. The van der Waals surface area contributed by atoms with Crippen molar-refractivity contribution in [1.29, 1.82) is 0 Å². The number of carboxylic acids is 1. The standard InChI is InChI=1S/C21H22O2/c1-13-5-7-16(14(2)11-13)17-9-10-21(3,4)19-8-6-15(20(22)23)12-18(17)19/h5-9,11-12H,10H2,1-4H3,(H,22,23). The fourth-order valence-corrected chi connectivity index (χ4v) is 3.44. The minimum absolute atomic E-state index is 0.0223. The lowest BCUT2D eigenvalue weighted by atomic mass is 9.71. The molecule has 0 heterocycles. The van der Waals surface area contributed by atoms with E-state index in [1.807, 2.05) is 12.1 Å². The fraction of sp³-hybridized carbons (Fsp3) is 0.286. The van der Waals surface area contributed by atoms with E-state index in [-0.39, 0.29) is 5.41 Å². The minimum Gasteiger partial charge on any atom is -0.478 e. The molecular formula is C21H22O2.